The molecule has 0 atom stereocenters. The van der Waals surface area contributed by atoms with E-state index in [4.69, 9.17) is 0 Å². The molecular formula is C13H14N6. The van der Waals surface area contributed by atoms with Gasteiger partial charge in [0.05, 0.1) is 17.4 Å². The highest BCUT2D eigenvalue weighted by molar-refractivity contribution is 5.77. The van der Waals surface area contributed by atoms with Gasteiger partial charge in [0.15, 0.2) is 0 Å². The molecule has 0 saturated carbocycles. The van der Waals surface area contributed by atoms with Crippen molar-refractivity contribution >= 4 is 11.5 Å². The molecule has 0 aliphatic heterocycles. The number of rotatable bonds is 3. The number of fused-ring (bicyclic) bond motifs is 1. The second-order valence-electron chi connectivity index (χ2n) is 4.52. The van der Waals surface area contributed by atoms with E-state index in [1.54, 1.807) is 23.2 Å². The molecule has 3 aromatic rings. The predicted octanol–water partition coefficient (Wildman–Crippen LogP) is 2.01. The number of nitrogens with zero attached hydrogens (tertiary/aromatic N) is 5. The Bertz CT molecular complexity index is 703. The van der Waals surface area contributed by atoms with Crippen LogP contribution >= 0.6 is 0 Å². The maximum absolute atomic E-state index is 4.50. The predicted molar refractivity (Wildman–Crippen MR) is 72.8 cm³/mol. The molecule has 19 heavy (non-hydrogen) atoms. The SMILES string of the molecule is CC(C)Nc1nccc(-c2cnn3ncccc23)n1. The van der Waals surface area contributed by atoms with Crippen LogP contribution < -0.4 is 5.32 Å². The normalized spacial score (nSPS) is 11.1. The molecule has 0 aliphatic carbocycles. The molecule has 0 spiro atoms. The van der Waals surface area contributed by atoms with Crippen LogP contribution in [-0.4, -0.2) is 30.8 Å². The van der Waals surface area contributed by atoms with Gasteiger partial charge in [-0.25, -0.2) is 9.97 Å². The topological polar surface area (TPSA) is 68.0 Å². The quantitative estimate of drug-likeness (QED) is 0.774. The molecule has 3 rings (SSSR count). The molecule has 0 bridgehead atoms. The van der Waals surface area contributed by atoms with Crippen LogP contribution in [0.25, 0.3) is 16.8 Å². The standard InChI is InChI=1S/C13H14N6/c1-9(2)17-13-14-7-5-11(18-13)10-8-16-19-12(10)4-3-6-15-19/h3-9H,1-2H3,(H,14,17,18). The zero-order chi connectivity index (χ0) is 13.2. The van der Waals surface area contributed by atoms with Crippen molar-refractivity contribution < 1.29 is 0 Å². The Hall–Kier alpha value is -2.50. The lowest BCUT2D eigenvalue weighted by molar-refractivity contribution is 0.800. The van der Waals surface area contributed by atoms with Gasteiger partial charge in [-0.1, -0.05) is 0 Å². The molecule has 3 aromatic heterocycles. The summed E-state index contributed by atoms with van der Waals surface area (Å²) in [7, 11) is 0. The highest BCUT2D eigenvalue weighted by Gasteiger charge is 2.09. The van der Waals surface area contributed by atoms with Gasteiger partial charge in [0.2, 0.25) is 5.95 Å². The summed E-state index contributed by atoms with van der Waals surface area (Å²) < 4.78 is 1.59. The molecule has 6 nitrogen and oxygen atoms in total. The first kappa shape index (κ1) is 11.6. The largest absolute Gasteiger partial charge is 0.352 e. The first-order chi connectivity index (χ1) is 9.24. The van der Waals surface area contributed by atoms with E-state index in [2.05, 4.69) is 39.3 Å². The average molecular weight is 254 g/mol. The third-order valence-corrected chi connectivity index (χ3v) is 2.65. The van der Waals surface area contributed by atoms with Crippen molar-refractivity contribution in [1.29, 1.82) is 0 Å². The summed E-state index contributed by atoms with van der Waals surface area (Å²) in [5.74, 6) is 0.621. The zero-order valence-electron chi connectivity index (χ0n) is 10.8. The zero-order valence-corrected chi connectivity index (χ0v) is 10.8. The van der Waals surface area contributed by atoms with Gasteiger partial charge in [0.25, 0.3) is 0 Å². The summed E-state index contributed by atoms with van der Waals surface area (Å²) in [6.45, 7) is 4.10. The lowest BCUT2D eigenvalue weighted by Gasteiger charge is -2.08. The lowest BCUT2D eigenvalue weighted by atomic mass is 10.2. The average Bonchev–Trinajstić information content (AvgIpc) is 2.82. The summed E-state index contributed by atoms with van der Waals surface area (Å²) >= 11 is 0. The Balaban J connectivity index is 2.06. The minimum atomic E-state index is 0.292. The van der Waals surface area contributed by atoms with Gasteiger partial charge in [-0.3, -0.25) is 0 Å². The monoisotopic (exact) mass is 254 g/mol. The number of hydrogen-bond donors (Lipinski definition) is 1. The van der Waals surface area contributed by atoms with E-state index in [0.717, 1.165) is 16.8 Å². The Kier molecular flexibility index (Phi) is 2.83. The maximum atomic E-state index is 4.50. The molecule has 0 radical (unpaired) electrons. The molecule has 0 aliphatic rings. The van der Waals surface area contributed by atoms with Crippen LogP contribution in [0.2, 0.25) is 0 Å². The number of anilines is 1. The fourth-order valence-electron chi connectivity index (χ4n) is 1.87. The molecule has 6 heteroatoms. The van der Waals surface area contributed by atoms with Crippen LogP contribution in [-0.2, 0) is 0 Å². The highest BCUT2D eigenvalue weighted by Crippen LogP contribution is 2.22. The first-order valence-electron chi connectivity index (χ1n) is 6.13. The van der Waals surface area contributed by atoms with E-state index in [-0.39, 0.29) is 0 Å². The minimum Gasteiger partial charge on any atom is -0.352 e. The van der Waals surface area contributed by atoms with Crippen molar-refractivity contribution in [1.82, 2.24) is 24.8 Å². The summed E-state index contributed by atoms with van der Waals surface area (Å²) in [4.78, 5) is 8.71. The fourth-order valence-corrected chi connectivity index (χ4v) is 1.87. The van der Waals surface area contributed by atoms with Gasteiger partial charge in [0, 0.05) is 24.0 Å². The molecule has 0 fully saturated rings. The summed E-state index contributed by atoms with van der Waals surface area (Å²) in [5, 5.41) is 11.5. The molecule has 96 valence electrons. The summed E-state index contributed by atoms with van der Waals surface area (Å²) in [5.41, 5.74) is 2.71. The molecular weight excluding hydrogens is 240 g/mol. The van der Waals surface area contributed by atoms with Gasteiger partial charge >= 0.3 is 0 Å². The number of aromatic nitrogens is 5. The second kappa shape index (κ2) is 4.64. The second-order valence-corrected chi connectivity index (χ2v) is 4.52. The molecule has 1 N–H and O–H groups in total. The first-order valence-corrected chi connectivity index (χ1v) is 6.13. The van der Waals surface area contributed by atoms with E-state index in [0.29, 0.717) is 12.0 Å². The molecule has 0 aromatic carbocycles. The maximum Gasteiger partial charge on any atom is 0.223 e. The summed E-state index contributed by atoms with van der Waals surface area (Å²) in [6.07, 6.45) is 5.21. The van der Waals surface area contributed by atoms with Gasteiger partial charge in [0.1, 0.15) is 0 Å². The number of nitrogens with one attached hydrogen (secondary N) is 1. The molecule has 3 heterocycles. The Labute approximate surface area is 110 Å². The lowest BCUT2D eigenvalue weighted by Crippen LogP contribution is -2.12. The van der Waals surface area contributed by atoms with E-state index in [9.17, 15) is 0 Å². The van der Waals surface area contributed by atoms with Crippen LogP contribution in [0.1, 0.15) is 13.8 Å². The van der Waals surface area contributed by atoms with Gasteiger partial charge in [-0.15, -0.1) is 0 Å². The number of hydrogen-bond acceptors (Lipinski definition) is 5. The van der Waals surface area contributed by atoms with Crippen molar-refractivity contribution in [3.05, 3.63) is 36.8 Å². The fraction of sp³-hybridized carbons (Fsp3) is 0.231. The van der Waals surface area contributed by atoms with Crippen LogP contribution in [0.5, 0.6) is 0 Å². The Morgan fingerprint density at radius 2 is 2.05 bits per heavy atom. The van der Waals surface area contributed by atoms with Gasteiger partial charge < -0.3 is 5.32 Å². The third-order valence-electron chi connectivity index (χ3n) is 2.65. The van der Waals surface area contributed by atoms with E-state index < -0.39 is 0 Å². The molecule has 0 amide bonds. The van der Waals surface area contributed by atoms with Gasteiger partial charge in [-0.2, -0.15) is 14.8 Å². The van der Waals surface area contributed by atoms with Crippen molar-refractivity contribution in [2.45, 2.75) is 19.9 Å². The molecule has 0 saturated heterocycles. The van der Waals surface area contributed by atoms with Crippen molar-refractivity contribution in [2.75, 3.05) is 5.32 Å². The van der Waals surface area contributed by atoms with E-state index in [1.165, 1.54) is 0 Å². The smallest absolute Gasteiger partial charge is 0.223 e. The summed E-state index contributed by atoms with van der Waals surface area (Å²) in [6, 6.07) is 6.01. The van der Waals surface area contributed by atoms with E-state index >= 15 is 0 Å². The van der Waals surface area contributed by atoms with Crippen molar-refractivity contribution in [2.24, 2.45) is 0 Å². The van der Waals surface area contributed by atoms with Crippen LogP contribution in [0.15, 0.2) is 36.8 Å². The Morgan fingerprint density at radius 3 is 2.89 bits per heavy atom. The van der Waals surface area contributed by atoms with Crippen molar-refractivity contribution in [3.8, 4) is 11.3 Å². The van der Waals surface area contributed by atoms with Crippen LogP contribution in [0, 0.1) is 0 Å². The molecule has 0 unspecified atom stereocenters. The van der Waals surface area contributed by atoms with Gasteiger partial charge in [-0.05, 0) is 32.0 Å². The highest BCUT2D eigenvalue weighted by atomic mass is 15.4. The van der Waals surface area contributed by atoms with Crippen molar-refractivity contribution in [3.63, 3.8) is 0 Å². The van der Waals surface area contributed by atoms with E-state index in [1.807, 2.05) is 18.2 Å². The minimum absolute atomic E-state index is 0.292. The van der Waals surface area contributed by atoms with Crippen LogP contribution in [0.4, 0.5) is 5.95 Å². The third kappa shape index (κ3) is 2.24. The Morgan fingerprint density at radius 1 is 1.16 bits per heavy atom. The van der Waals surface area contributed by atoms with Crippen LogP contribution in [0.3, 0.4) is 0 Å².